The van der Waals surface area contributed by atoms with Crippen molar-refractivity contribution in [3.8, 4) is 11.4 Å². The molecule has 1 atom stereocenters. The average molecular weight is 490 g/mol. The first-order valence-corrected chi connectivity index (χ1v) is 11.2. The van der Waals surface area contributed by atoms with Gasteiger partial charge in [-0.2, -0.15) is 13.8 Å². The molecule has 0 spiro atoms. The molecular formula is C18H12Cl2F3N5O2S. The zero-order valence-corrected chi connectivity index (χ0v) is 17.9. The minimum atomic E-state index is -3.77. The number of imidazole rings is 1. The molecule has 31 heavy (non-hydrogen) atoms. The second-order valence-corrected chi connectivity index (χ2v) is 9.68. The van der Waals surface area contributed by atoms with Gasteiger partial charge in [0.15, 0.2) is 0 Å². The molecule has 0 amide bonds. The molecule has 0 aliphatic heterocycles. The van der Waals surface area contributed by atoms with Crippen LogP contribution in [0.3, 0.4) is 0 Å². The Morgan fingerprint density at radius 2 is 2.03 bits per heavy atom. The molecule has 0 saturated heterocycles. The molecule has 7 nitrogen and oxygen atoms in total. The molecule has 0 fully saturated rings. The third kappa shape index (κ3) is 4.53. The van der Waals surface area contributed by atoms with Gasteiger partial charge in [-0.25, -0.2) is 17.9 Å². The second-order valence-electron chi connectivity index (χ2n) is 6.50. The van der Waals surface area contributed by atoms with Gasteiger partial charge in [0.2, 0.25) is 5.82 Å². The van der Waals surface area contributed by atoms with Crippen LogP contribution in [-0.4, -0.2) is 30.0 Å². The standard InChI is InChI=1S/C18H12Cl2F3N5O2S/c1-31(29,14-3-2-11(21)7-13(14)19)24-8-12-9-28-5-4-10(6-15(28)25-12)16-26-17(30-27-16)18(20,22)23/h2-7,9H,8H2,1H3. The van der Waals surface area contributed by atoms with Crippen LogP contribution in [0.1, 0.15) is 11.6 Å². The quantitative estimate of drug-likeness (QED) is 0.363. The smallest absolute Gasteiger partial charge is 0.331 e. The lowest BCUT2D eigenvalue weighted by Gasteiger charge is -2.06. The van der Waals surface area contributed by atoms with Crippen molar-refractivity contribution < 1.29 is 21.9 Å². The van der Waals surface area contributed by atoms with Crippen LogP contribution >= 0.6 is 23.2 Å². The van der Waals surface area contributed by atoms with E-state index in [4.69, 9.17) is 23.2 Å². The van der Waals surface area contributed by atoms with Gasteiger partial charge in [0.25, 0.3) is 0 Å². The number of hydrogen-bond acceptors (Lipinski definition) is 6. The van der Waals surface area contributed by atoms with Gasteiger partial charge < -0.3 is 8.92 Å². The molecule has 0 bridgehead atoms. The first-order chi connectivity index (χ1) is 14.5. The van der Waals surface area contributed by atoms with Gasteiger partial charge in [0.1, 0.15) is 11.5 Å². The molecule has 0 aliphatic rings. The van der Waals surface area contributed by atoms with Gasteiger partial charge in [-0.1, -0.05) is 16.8 Å². The fourth-order valence-electron chi connectivity index (χ4n) is 2.75. The van der Waals surface area contributed by atoms with E-state index in [1.54, 1.807) is 28.9 Å². The number of rotatable bonds is 5. The molecule has 162 valence electrons. The third-order valence-corrected chi connectivity index (χ3v) is 6.59. The number of alkyl halides is 3. The largest absolute Gasteiger partial charge is 0.400 e. The van der Waals surface area contributed by atoms with Crippen LogP contribution in [0.15, 0.2) is 56.5 Å². The minimum Gasteiger partial charge on any atom is -0.331 e. The molecule has 0 saturated carbocycles. The van der Waals surface area contributed by atoms with E-state index in [0.717, 1.165) is 12.1 Å². The Balaban J connectivity index is 1.62. The maximum absolute atomic E-state index is 13.2. The van der Waals surface area contributed by atoms with Crippen LogP contribution in [0, 0.1) is 5.82 Å². The van der Waals surface area contributed by atoms with E-state index in [9.17, 15) is 17.4 Å². The Labute approximate surface area is 184 Å². The highest BCUT2D eigenvalue weighted by Gasteiger charge is 2.35. The second kappa shape index (κ2) is 7.81. The predicted molar refractivity (Wildman–Crippen MR) is 108 cm³/mol. The Morgan fingerprint density at radius 3 is 2.71 bits per heavy atom. The maximum atomic E-state index is 13.2. The molecule has 0 aliphatic carbocycles. The summed E-state index contributed by atoms with van der Waals surface area (Å²) in [7, 11) is -2.89. The van der Waals surface area contributed by atoms with E-state index in [1.807, 2.05) is 0 Å². The van der Waals surface area contributed by atoms with Crippen LogP contribution < -0.4 is 0 Å². The summed E-state index contributed by atoms with van der Waals surface area (Å²) in [6.45, 7) is 0.00484. The van der Waals surface area contributed by atoms with E-state index >= 15 is 0 Å². The summed E-state index contributed by atoms with van der Waals surface area (Å²) < 4.78 is 62.7. The highest BCUT2D eigenvalue weighted by atomic mass is 35.5. The number of nitrogens with zero attached hydrogens (tertiary/aromatic N) is 5. The zero-order valence-electron chi connectivity index (χ0n) is 15.6. The van der Waals surface area contributed by atoms with Crippen LogP contribution in [0.2, 0.25) is 5.02 Å². The maximum Gasteiger partial charge on any atom is 0.400 e. The number of benzene rings is 1. The van der Waals surface area contributed by atoms with Crippen LogP contribution in [-0.2, 0) is 21.7 Å². The minimum absolute atomic E-state index is 0.00484. The van der Waals surface area contributed by atoms with Crippen LogP contribution in [0.25, 0.3) is 17.0 Å². The highest BCUT2D eigenvalue weighted by Crippen LogP contribution is 2.32. The number of hydrogen-bond donors (Lipinski definition) is 0. The molecule has 4 rings (SSSR count). The lowest BCUT2D eigenvalue weighted by molar-refractivity contribution is 0.0551. The zero-order chi connectivity index (χ0) is 22.4. The van der Waals surface area contributed by atoms with Crippen molar-refractivity contribution in [3.05, 3.63) is 65.2 Å². The van der Waals surface area contributed by atoms with E-state index in [0.29, 0.717) is 16.9 Å². The summed E-state index contributed by atoms with van der Waals surface area (Å²) in [5, 5.41) is -0.240. The summed E-state index contributed by atoms with van der Waals surface area (Å²) in [5.41, 5.74) is 1.33. The van der Waals surface area contributed by atoms with Crippen LogP contribution in [0.5, 0.6) is 0 Å². The number of pyridine rings is 1. The van der Waals surface area contributed by atoms with E-state index in [2.05, 4.69) is 24.0 Å². The van der Waals surface area contributed by atoms with Crippen molar-refractivity contribution in [2.24, 2.45) is 4.36 Å². The van der Waals surface area contributed by atoms with Crippen molar-refractivity contribution in [3.63, 3.8) is 0 Å². The lowest BCUT2D eigenvalue weighted by atomic mass is 10.2. The molecule has 1 unspecified atom stereocenters. The van der Waals surface area contributed by atoms with Gasteiger partial charge in [0, 0.05) is 24.2 Å². The van der Waals surface area contributed by atoms with Gasteiger partial charge in [-0.15, -0.1) is 0 Å². The first kappa shape index (κ1) is 21.6. The molecule has 0 radical (unpaired) electrons. The predicted octanol–water partition coefficient (Wildman–Crippen LogP) is 5.12. The molecule has 3 aromatic heterocycles. The van der Waals surface area contributed by atoms with Crippen LogP contribution in [0.4, 0.5) is 13.2 Å². The van der Waals surface area contributed by atoms with Crippen molar-refractivity contribution in [1.82, 2.24) is 19.5 Å². The summed E-state index contributed by atoms with van der Waals surface area (Å²) in [5.74, 6) is -1.62. The fourth-order valence-corrected chi connectivity index (χ4v) is 4.68. The van der Waals surface area contributed by atoms with Crippen molar-refractivity contribution in [2.45, 2.75) is 16.8 Å². The fraction of sp³-hybridized carbons (Fsp3) is 0.167. The topological polar surface area (TPSA) is 85.7 Å². The molecular weight excluding hydrogens is 478 g/mol. The SMILES string of the molecule is CS(=O)(=NCc1cn2ccc(-c3noc(C(F)(F)Cl)n3)cc2n1)c1ccc(F)cc1Cl. The Bertz CT molecular complexity index is 1410. The summed E-state index contributed by atoms with van der Waals surface area (Å²) >= 11 is 10.9. The molecule has 3 heterocycles. The van der Waals surface area contributed by atoms with Crippen molar-refractivity contribution >= 4 is 38.6 Å². The number of halogens is 5. The van der Waals surface area contributed by atoms with Gasteiger partial charge >= 0.3 is 11.3 Å². The van der Waals surface area contributed by atoms with Gasteiger partial charge in [-0.05, 0) is 41.9 Å². The Hall–Kier alpha value is -2.63. The first-order valence-electron chi connectivity index (χ1n) is 8.55. The normalized spacial score (nSPS) is 14.0. The number of aromatic nitrogens is 4. The molecule has 0 N–H and O–H groups in total. The number of fused-ring (bicyclic) bond motifs is 1. The third-order valence-electron chi connectivity index (χ3n) is 4.21. The van der Waals surface area contributed by atoms with E-state index < -0.39 is 26.8 Å². The van der Waals surface area contributed by atoms with Crippen molar-refractivity contribution in [1.29, 1.82) is 0 Å². The van der Waals surface area contributed by atoms with Crippen molar-refractivity contribution in [2.75, 3.05) is 6.26 Å². The van der Waals surface area contributed by atoms with E-state index in [1.165, 1.54) is 12.3 Å². The summed E-state index contributed by atoms with van der Waals surface area (Å²) in [4.78, 5) is 8.19. The molecule has 13 heteroatoms. The van der Waals surface area contributed by atoms with Gasteiger partial charge in [-0.3, -0.25) is 0 Å². The molecule has 1 aromatic carbocycles. The summed E-state index contributed by atoms with van der Waals surface area (Å²) in [6, 6.07) is 6.71. The Morgan fingerprint density at radius 1 is 1.26 bits per heavy atom. The molecule has 4 aromatic rings. The van der Waals surface area contributed by atoms with Gasteiger partial charge in [0.05, 0.1) is 31.9 Å². The highest BCUT2D eigenvalue weighted by molar-refractivity contribution is 7.93. The Kier molecular flexibility index (Phi) is 5.44. The van der Waals surface area contributed by atoms with E-state index in [-0.39, 0.29) is 22.3 Å². The monoisotopic (exact) mass is 489 g/mol. The lowest BCUT2D eigenvalue weighted by Crippen LogP contribution is -2.03. The average Bonchev–Trinajstić information content (AvgIpc) is 3.32. The summed E-state index contributed by atoms with van der Waals surface area (Å²) in [6.07, 6.45) is 4.69.